The number of thioether (sulfide) groups is 1. The van der Waals surface area contributed by atoms with Gasteiger partial charge in [0, 0.05) is 17.4 Å². The van der Waals surface area contributed by atoms with E-state index in [9.17, 15) is 0 Å². The molecule has 1 atom stereocenters. The van der Waals surface area contributed by atoms with Crippen molar-refractivity contribution in [2.24, 2.45) is 0 Å². The maximum atomic E-state index is 5.73. The van der Waals surface area contributed by atoms with Gasteiger partial charge in [-0.2, -0.15) is 4.37 Å². The molecule has 2 aromatic rings. The van der Waals surface area contributed by atoms with E-state index in [2.05, 4.69) is 33.7 Å². The van der Waals surface area contributed by atoms with Crippen molar-refractivity contribution in [3.8, 4) is 5.75 Å². The molecule has 108 valence electrons. The van der Waals surface area contributed by atoms with Gasteiger partial charge in [0.05, 0.1) is 6.61 Å². The van der Waals surface area contributed by atoms with E-state index in [0.29, 0.717) is 6.61 Å². The van der Waals surface area contributed by atoms with Gasteiger partial charge in [0.25, 0.3) is 0 Å². The van der Waals surface area contributed by atoms with Crippen LogP contribution in [0.3, 0.4) is 0 Å². The van der Waals surface area contributed by atoms with E-state index in [1.807, 2.05) is 19.1 Å². The molecule has 1 unspecified atom stereocenters. The van der Waals surface area contributed by atoms with Crippen molar-refractivity contribution in [2.75, 3.05) is 18.9 Å². The van der Waals surface area contributed by atoms with Crippen molar-refractivity contribution in [3.05, 3.63) is 36.2 Å². The summed E-state index contributed by atoms with van der Waals surface area (Å²) in [5.74, 6) is 1.87. The van der Waals surface area contributed by atoms with E-state index < -0.39 is 0 Å². The van der Waals surface area contributed by atoms with Gasteiger partial charge in [0.1, 0.15) is 12.1 Å². The van der Waals surface area contributed by atoms with E-state index in [-0.39, 0.29) is 6.04 Å². The number of nitrogens with zero attached hydrogens (tertiary/aromatic N) is 2. The Hall–Kier alpha value is -1.11. The SMILES string of the molecule is CCNC(CSc1ncns1)c1ccccc1OCC. The zero-order valence-electron chi connectivity index (χ0n) is 11.7. The first-order valence-corrected chi connectivity index (χ1v) is 8.45. The second-order valence-corrected chi connectivity index (χ2v) is 6.15. The van der Waals surface area contributed by atoms with Crippen molar-refractivity contribution in [1.82, 2.24) is 14.7 Å². The highest BCUT2D eigenvalue weighted by molar-refractivity contribution is 8.00. The highest BCUT2D eigenvalue weighted by Crippen LogP contribution is 2.30. The fourth-order valence-corrected chi connectivity index (χ4v) is 3.49. The summed E-state index contributed by atoms with van der Waals surface area (Å²) in [7, 11) is 0. The first-order chi connectivity index (χ1) is 9.85. The number of hydrogen-bond acceptors (Lipinski definition) is 6. The Labute approximate surface area is 128 Å². The third-order valence-corrected chi connectivity index (χ3v) is 4.65. The van der Waals surface area contributed by atoms with Crippen LogP contribution in [0.1, 0.15) is 25.5 Å². The lowest BCUT2D eigenvalue weighted by Gasteiger charge is -2.20. The highest BCUT2D eigenvalue weighted by atomic mass is 32.2. The number of para-hydroxylation sites is 1. The summed E-state index contributed by atoms with van der Waals surface area (Å²) >= 11 is 3.16. The van der Waals surface area contributed by atoms with Crippen molar-refractivity contribution in [2.45, 2.75) is 24.2 Å². The van der Waals surface area contributed by atoms with E-state index in [4.69, 9.17) is 4.74 Å². The number of benzene rings is 1. The molecular formula is C14H19N3OS2. The Morgan fingerprint density at radius 2 is 2.20 bits per heavy atom. The first kappa shape index (κ1) is 15.3. The van der Waals surface area contributed by atoms with Gasteiger partial charge < -0.3 is 10.1 Å². The molecule has 6 heteroatoms. The van der Waals surface area contributed by atoms with Crippen LogP contribution in [0.25, 0.3) is 0 Å². The van der Waals surface area contributed by atoms with Crippen LogP contribution in [0, 0.1) is 0 Å². The Kier molecular flexibility index (Phi) is 6.29. The summed E-state index contributed by atoms with van der Waals surface area (Å²) in [6, 6.07) is 8.46. The van der Waals surface area contributed by atoms with Gasteiger partial charge in [-0.15, -0.1) is 0 Å². The van der Waals surface area contributed by atoms with Crippen LogP contribution in [0.15, 0.2) is 34.9 Å². The summed E-state index contributed by atoms with van der Waals surface area (Å²) in [6.45, 7) is 5.72. The van der Waals surface area contributed by atoms with Crippen molar-refractivity contribution in [3.63, 3.8) is 0 Å². The molecule has 0 bridgehead atoms. The van der Waals surface area contributed by atoms with Crippen LogP contribution in [0.2, 0.25) is 0 Å². The number of rotatable bonds is 8. The number of ether oxygens (including phenoxy) is 1. The van der Waals surface area contributed by atoms with Crippen molar-refractivity contribution in [1.29, 1.82) is 0 Å². The molecule has 0 aliphatic carbocycles. The molecule has 0 saturated heterocycles. The van der Waals surface area contributed by atoms with Gasteiger partial charge in [-0.25, -0.2) is 4.98 Å². The van der Waals surface area contributed by atoms with Crippen LogP contribution >= 0.6 is 23.3 Å². The molecule has 1 N–H and O–H groups in total. The van der Waals surface area contributed by atoms with E-state index in [0.717, 1.165) is 22.4 Å². The molecule has 1 heterocycles. The monoisotopic (exact) mass is 309 g/mol. The average Bonchev–Trinajstić information content (AvgIpc) is 2.98. The number of aromatic nitrogens is 2. The summed E-state index contributed by atoms with van der Waals surface area (Å²) in [4.78, 5) is 4.21. The van der Waals surface area contributed by atoms with Crippen LogP contribution in [-0.2, 0) is 0 Å². The van der Waals surface area contributed by atoms with Gasteiger partial charge in [-0.3, -0.25) is 0 Å². The number of nitrogens with one attached hydrogen (secondary N) is 1. The second-order valence-electron chi connectivity index (χ2n) is 4.10. The summed E-state index contributed by atoms with van der Waals surface area (Å²) in [5.41, 5.74) is 1.20. The molecule has 0 saturated carbocycles. The molecule has 1 aromatic heterocycles. The normalized spacial score (nSPS) is 12.3. The molecule has 0 amide bonds. The van der Waals surface area contributed by atoms with Gasteiger partial charge >= 0.3 is 0 Å². The maximum Gasteiger partial charge on any atom is 0.169 e. The largest absolute Gasteiger partial charge is 0.494 e. The predicted molar refractivity (Wildman–Crippen MR) is 84.7 cm³/mol. The second kappa shape index (κ2) is 8.24. The molecule has 0 spiro atoms. The fourth-order valence-electron chi connectivity index (χ4n) is 1.94. The zero-order chi connectivity index (χ0) is 14.2. The fraction of sp³-hybridized carbons (Fsp3) is 0.429. The quantitative estimate of drug-likeness (QED) is 0.758. The Morgan fingerprint density at radius 1 is 1.35 bits per heavy atom. The maximum absolute atomic E-state index is 5.73. The summed E-state index contributed by atoms with van der Waals surface area (Å²) in [6.07, 6.45) is 1.60. The smallest absolute Gasteiger partial charge is 0.169 e. The minimum absolute atomic E-state index is 0.247. The van der Waals surface area contributed by atoms with Crippen LogP contribution < -0.4 is 10.1 Å². The lowest BCUT2D eigenvalue weighted by atomic mass is 10.1. The van der Waals surface area contributed by atoms with E-state index in [1.54, 1.807) is 18.1 Å². The molecule has 0 radical (unpaired) electrons. The molecule has 0 aliphatic heterocycles. The topological polar surface area (TPSA) is 47.0 Å². The first-order valence-electron chi connectivity index (χ1n) is 6.69. The molecule has 2 rings (SSSR count). The van der Waals surface area contributed by atoms with Crippen LogP contribution in [0.5, 0.6) is 5.75 Å². The average molecular weight is 309 g/mol. The van der Waals surface area contributed by atoms with Crippen molar-refractivity contribution < 1.29 is 4.74 Å². The predicted octanol–water partition coefficient (Wildman–Crippen LogP) is 3.38. The molecule has 1 aromatic carbocycles. The zero-order valence-corrected chi connectivity index (χ0v) is 13.3. The van der Waals surface area contributed by atoms with Gasteiger partial charge in [0.15, 0.2) is 4.34 Å². The van der Waals surface area contributed by atoms with Gasteiger partial charge in [-0.05, 0) is 31.1 Å². The Morgan fingerprint density at radius 3 is 2.90 bits per heavy atom. The number of hydrogen-bond donors (Lipinski definition) is 1. The van der Waals surface area contributed by atoms with Gasteiger partial charge in [0.2, 0.25) is 0 Å². The highest BCUT2D eigenvalue weighted by Gasteiger charge is 2.16. The third kappa shape index (κ3) is 4.19. The standard InChI is InChI=1S/C14H19N3OS2/c1-3-15-12(9-19-14-16-10-17-20-14)11-7-5-6-8-13(11)18-4-2/h5-8,10,12,15H,3-4,9H2,1-2H3. The summed E-state index contributed by atoms with van der Waals surface area (Å²) < 4.78 is 10.8. The third-order valence-electron chi connectivity index (χ3n) is 2.76. The minimum Gasteiger partial charge on any atom is -0.494 e. The van der Waals surface area contributed by atoms with E-state index >= 15 is 0 Å². The molecule has 0 aliphatic rings. The minimum atomic E-state index is 0.247. The van der Waals surface area contributed by atoms with Crippen LogP contribution in [0.4, 0.5) is 0 Å². The van der Waals surface area contributed by atoms with Gasteiger partial charge in [-0.1, -0.05) is 36.9 Å². The molecule has 20 heavy (non-hydrogen) atoms. The molecule has 4 nitrogen and oxygen atoms in total. The lowest BCUT2D eigenvalue weighted by Crippen LogP contribution is -2.23. The van der Waals surface area contributed by atoms with Crippen LogP contribution in [-0.4, -0.2) is 28.3 Å². The molecular weight excluding hydrogens is 290 g/mol. The summed E-state index contributed by atoms with van der Waals surface area (Å²) in [5, 5.41) is 3.52. The molecule has 0 fully saturated rings. The Balaban J connectivity index is 2.10. The lowest BCUT2D eigenvalue weighted by molar-refractivity contribution is 0.333. The van der Waals surface area contributed by atoms with E-state index in [1.165, 1.54) is 17.1 Å². The Bertz CT molecular complexity index is 505. The van der Waals surface area contributed by atoms with Crippen molar-refractivity contribution >= 4 is 23.3 Å².